The van der Waals surface area contributed by atoms with E-state index in [-0.39, 0.29) is 19.0 Å². The number of carboxylic acid groups (broad SMARTS) is 1. The molecule has 1 fully saturated rings. The molecule has 0 radical (unpaired) electrons. The molecule has 0 aliphatic carbocycles. The Morgan fingerprint density at radius 3 is 2.67 bits per heavy atom. The summed E-state index contributed by atoms with van der Waals surface area (Å²) in [6.45, 7) is 5.30. The Bertz CT molecular complexity index is 367. The van der Waals surface area contributed by atoms with E-state index in [1.54, 1.807) is 0 Å². The lowest BCUT2D eigenvalue weighted by Crippen LogP contribution is -2.63. The van der Waals surface area contributed by atoms with Crippen molar-refractivity contribution in [2.75, 3.05) is 13.1 Å². The molecule has 1 rings (SSSR count). The quantitative estimate of drug-likeness (QED) is 0.650. The summed E-state index contributed by atoms with van der Waals surface area (Å²) in [5.74, 6) is -1.48. The van der Waals surface area contributed by atoms with Crippen LogP contribution in [0.5, 0.6) is 0 Å². The van der Waals surface area contributed by atoms with E-state index < -0.39 is 23.6 Å². The van der Waals surface area contributed by atoms with E-state index in [0.29, 0.717) is 6.42 Å². The van der Waals surface area contributed by atoms with Gasteiger partial charge >= 0.3 is 12.0 Å². The van der Waals surface area contributed by atoms with Crippen molar-refractivity contribution < 1.29 is 19.5 Å². The van der Waals surface area contributed by atoms with E-state index >= 15 is 0 Å². The molecule has 1 unspecified atom stereocenters. The van der Waals surface area contributed by atoms with Gasteiger partial charge in [-0.15, -0.1) is 0 Å². The van der Waals surface area contributed by atoms with E-state index in [1.165, 1.54) is 0 Å². The molecule has 7 nitrogen and oxygen atoms in total. The third-order valence-corrected chi connectivity index (χ3v) is 3.06. The topological polar surface area (TPSA) is 98.7 Å². The van der Waals surface area contributed by atoms with E-state index in [2.05, 4.69) is 10.6 Å². The van der Waals surface area contributed by atoms with Crippen LogP contribution in [0.1, 0.15) is 27.2 Å². The summed E-state index contributed by atoms with van der Waals surface area (Å²) < 4.78 is 0. The van der Waals surface area contributed by atoms with Gasteiger partial charge in [0.2, 0.25) is 5.91 Å². The number of carboxylic acids is 1. The molecule has 0 aromatic rings. The van der Waals surface area contributed by atoms with Gasteiger partial charge in [-0.25, -0.2) is 9.59 Å². The molecule has 0 aromatic heterocycles. The Hall–Kier alpha value is -1.79. The molecule has 1 aliphatic heterocycles. The minimum Gasteiger partial charge on any atom is -0.480 e. The third-order valence-electron chi connectivity index (χ3n) is 3.06. The molecule has 1 atom stereocenters. The number of rotatable bonds is 3. The number of nitrogens with one attached hydrogen (secondary N) is 2. The van der Waals surface area contributed by atoms with Crippen molar-refractivity contribution in [3.63, 3.8) is 0 Å². The zero-order valence-electron chi connectivity index (χ0n) is 10.8. The lowest BCUT2D eigenvalue weighted by Gasteiger charge is -2.35. The Morgan fingerprint density at radius 1 is 1.56 bits per heavy atom. The van der Waals surface area contributed by atoms with Crippen LogP contribution in [0.25, 0.3) is 0 Å². The number of piperazine rings is 1. The van der Waals surface area contributed by atoms with Crippen LogP contribution in [-0.4, -0.2) is 52.6 Å². The number of hydrogen-bond acceptors (Lipinski definition) is 3. The van der Waals surface area contributed by atoms with Gasteiger partial charge < -0.3 is 15.7 Å². The van der Waals surface area contributed by atoms with Gasteiger partial charge in [0.1, 0.15) is 12.6 Å². The predicted molar refractivity (Wildman–Crippen MR) is 64.0 cm³/mol. The van der Waals surface area contributed by atoms with E-state index in [9.17, 15) is 14.4 Å². The maximum absolute atomic E-state index is 12.0. The number of hydrogen-bond donors (Lipinski definition) is 3. The second-order valence-electron chi connectivity index (χ2n) is 4.95. The van der Waals surface area contributed by atoms with Gasteiger partial charge in [-0.3, -0.25) is 9.69 Å². The second kappa shape index (κ2) is 5.24. The van der Waals surface area contributed by atoms with Crippen LogP contribution in [0, 0.1) is 0 Å². The summed E-state index contributed by atoms with van der Waals surface area (Å²) in [6, 6.07) is -1.54. The highest BCUT2D eigenvalue weighted by Crippen LogP contribution is 2.11. The summed E-state index contributed by atoms with van der Waals surface area (Å²) in [6.07, 6.45) is 0.705. The SMILES string of the molecule is CCC(C)(C)NC(=O)N1CC(=O)NCC1C(=O)O. The highest BCUT2D eigenvalue weighted by molar-refractivity contribution is 5.90. The average molecular weight is 257 g/mol. The highest BCUT2D eigenvalue weighted by Gasteiger charge is 2.36. The summed E-state index contributed by atoms with van der Waals surface area (Å²) in [7, 11) is 0. The van der Waals surface area contributed by atoms with E-state index in [4.69, 9.17) is 5.11 Å². The summed E-state index contributed by atoms with van der Waals surface area (Å²) in [5, 5.41) is 14.2. The smallest absolute Gasteiger partial charge is 0.328 e. The lowest BCUT2D eigenvalue weighted by atomic mass is 10.0. The summed E-state index contributed by atoms with van der Waals surface area (Å²) in [4.78, 5) is 35.4. The Labute approximate surface area is 106 Å². The van der Waals surface area contributed by atoms with Crippen molar-refractivity contribution in [1.82, 2.24) is 15.5 Å². The first-order valence-electron chi connectivity index (χ1n) is 5.85. The average Bonchev–Trinajstić information content (AvgIpc) is 2.28. The molecule has 3 amide bonds. The normalized spacial score (nSPS) is 20.3. The molecule has 1 heterocycles. The largest absolute Gasteiger partial charge is 0.480 e. The molecule has 0 saturated carbocycles. The Balaban J connectivity index is 2.79. The zero-order valence-corrected chi connectivity index (χ0v) is 10.8. The van der Waals surface area contributed by atoms with Crippen molar-refractivity contribution in [3.8, 4) is 0 Å². The predicted octanol–water partition coefficient (Wildman–Crippen LogP) is -0.230. The molecule has 1 saturated heterocycles. The summed E-state index contributed by atoms with van der Waals surface area (Å²) in [5.41, 5.74) is -0.436. The van der Waals surface area contributed by atoms with Crippen LogP contribution in [0.4, 0.5) is 4.79 Å². The fourth-order valence-electron chi connectivity index (χ4n) is 1.53. The first-order valence-corrected chi connectivity index (χ1v) is 5.85. The molecule has 18 heavy (non-hydrogen) atoms. The third kappa shape index (κ3) is 3.35. The Morgan fingerprint density at radius 2 is 2.17 bits per heavy atom. The van der Waals surface area contributed by atoms with Gasteiger partial charge in [-0.2, -0.15) is 0 Å². The van der Waals surface area contributed by atoms with Gasteiger partial charge in [0.25, 0.3) is 0 Å². The minimum atomic E-state index is -1.13. The maximum atomic E-state index is 12.0. The van der Waals surface area contributed by atoms with Crippen LogP contribution < -0.4 is 10.6 Å². The maximum Gasteiger partial charge on any atom is 0.328 e. The van der Waals surface area contributed by atoms with Crippen molar-refractivity contribution in [2.45, 2.75) is 38.8 Å². The van der Waals surface area contributed by atoms with Gasteiger partial charge in [-0.1, -0.05) is 6.92 Å². The van der Waals surface area contributed by atoms with Crippen molar-refractivity contribution >= 4 is 17.9 Å². The van der Waals surface area contributed by atoms with Crippen LogP contribution in [0.15, 0.2) is 0 Å². The molecular formula is C11H19N3O4. The van der Waals surface area contributed by atoms with Crippen molar-refractivity contribution in [1.29, 1.82) is 0 Å². The number of carbonyl (C=O) groups excluding carboxylic acids is 2. The second-order valence-corrected chi connectivity index (χ2v) is 4.95. The highest BCUT2D eigenvalue weighted by atomic mass is 16.4. The number of amides is 3. The molecule has 7 heteroatoms. The molecule has 3 N–H and O–H groups in total. The number of urea groups is 1. The van der Waals surface area contributed by atoms with Gasteiger partial charge in [0, 0.05) is 12.1 Å². The van der Waals surface area contributed by atoms with Gasteiger partial charge in [0.15, 0.2) is 0 Å². The zero-order chi connectivity index (χ0) is 13.9. The monoisotopic (exact) mass is 257 g/mol. The fourth-order valence-corrected chi connectivity index (χ4v) is 1.53. The number of carbonyl (C=O) groups is 3. The molecule has 102 valence electrons. The van der Waals surface area contributed by atoms with Crippen LogP contribution >= 0.6 is 0 Å². The first kappa shape index (κ1) is 14.3. The van der Waals surface area contributed by atoms with Crippen LogP contribution in [-0.2, 0) is 9.59 Å². The molecular weight excluding hydrogens is 238 g/mol. The first-order chi connectivity index (χ1) is 8.26. The van der Waals surface area contributed by atoms with Gasteiger partial charge in [0.05, 0.1) is 0 Å². The fraction of sp³-hybridized carbons (Fsp3) is 0.727. The van der Waals surface area contributed by atoms with Crippen molar-refractivity contribution in [2.24, 2.45) is 0 Å². The minimum absolute atomic E-state index is 0.0614. The number of nitrogens with zero attached hydrogens (tertiary/aromatic N) is 1. The van der Waals surface area contributed by atoms with E-state index in [0.717, 1.165) is 4.90 Å². The van der Waals surface area contributed by atoms with Gasteiger partial charge in [-0.05, 0) is 20.3 Å². The van der Waals surface area contributed by atoms with Crippen molar-refractivity contribution in [3.05, 3.63) is 0 Å². The number of aliphatic carboxylic acids is 1. The van der Waals surface area contributed by atoms with Crippen LogP contribution in [0.2, 0.25) is 0 Å². The molecule has 0 spiro atoms. The Kier molecular flexibility index (Phi) is 4.15. The standard InChI is InChI=1S/C11H19N3O4/c1-4-11(2,3)13-10(18)14-6-8(15)12-5-7(14)9(16)17/h7H,4-6H2,1-3H3,(H,12,15)(H,13,18)(H,16,17). The molecule has 0 aromatic carbocycles. The van der Waals surface area contributed by atoms with Crippen LogP contribution in [0.3, 0.4) is 0 Å². The van der Waals surface area contributed by atoms with E-state index in [1.807, 2.05) is 20.8 Å². The molecule has 1 aliphatic rings. The lowest BCUT2D eigenvalue weighted by molar-refractivity contribution is -0.144. The molecule has 0 bridgehead atoms. The summed E-state index contributed by atoms with van der Waals surface area (Å²) >= 11 is 0.